The van der Waals surface area contributed by atoms with Crippen molar-refractivity contribution < 1.29 is 5.11 Å². The SMILES string of the molecule is N#Cc1ccnc(NC2CCCCC2CO)n1. The molecule has 0 aliphatic heterocycles. The topological polar surface area (TPSA) is 81.8 Å². The summed E-state index contributed by atoms with van der Waals surface area (Å²) in [6.07, 6.45) is 5.96. The molecule has 1 saturated carbocycles. The van der Waals surface area contributed by atoms with Gasteiger partial charge in [0.25, 0.3) is 0 Å². The summed E-state index contributed by atoms with van der Waals surface area (Å²) >= 11 is 0. The summed E-state index contributed by atoms with van der Waals surface area (Å²) in [6, 6.07) is 3.78. The lowest BCUT2D eigenvalue weighted by atomic mass is 9.85. The van der Waals surface area contributed by atoms with E-state index in [1.54, 1.807) is 12.3 Å². The van der Waals surface area contributed by atoms with Crippen molar-refractivity contribution >= 4 is 5.95 Å². The first-order chi connectivity index (χ1) is 8.33. The van der Waals surface area contributed by atoms with E-state index in [0.717, 1.165) is 19.3 Å². The minimum Gasteiger partial charge on any atom is -0.396 e. The van der Waals surface area contributed by atoms with Crippen LogP contribution in [0.2, 0.25) is 0 Å². The summed E-state index contributed by atoms with van der Waals surface area (Å²) in [4.78, 5) is 8.18. The van der Waals surface area contributed by atoms with Crippen LogP contribution in [0.25, 0.3) is 0 Å². The minimum atomic E-state index is 0.190. The molecule has 1 heterocycles. The van der Waals surface area contributed by atoms with Gasteiger partial charge in [0.2, 0.25) is 5.95 Å². The maximum absolute atomic E-state index is 9.31. The third kappa shape index (κ3) is 2.92. The molecule has 0 aromatic carbocycles. The van der Waals surface area contributed by atoms with Gasteiger partial charge in [0.15, 0.2) is 0 Å². The monoisotopic (exact) mass is 232 g/mol. The summed E-state index contributed by atoms with van der Waals surface area (Å²) in [5, 5.41) is 21.3. The van der Waals surface area contributed by atoms with Gasteiger partial charge in [-0.1, -0.05) is 12.8 Å². The molecule has 1 aromatic rings. The van der Waals surface area contributed by atoms with Gasteiger partial charge in [-0.3, -0.25) is 0 Å². The van der Waals surface area contributed by atoms with Crippen molar-refractivity contribution in [2.24, 2.45) is 5.92 Å². The standard InChI is InChI=1S/C12H16N4O/c13-7-10-5-6-14-12(15-10)16-11-4-2-1-3-9(11)8-17/h5-6,9,11,17H,1-4,8H2,(H,14,15,16). The Morgan fingerprint density at radius 1 is 1.47 bits per heavy atom. The van der Waals surface area contributed by atoms with Gasteiger partial charge >= 0.3 is 0 Å². The van der Waals surface area contributed by atoms with Crippen molar-refractivity contribution in [2.45, 2.75) is 31.7 Å². The van der Waals surface area contributed by atoms with E-state index >= 15 is 0 Å². The van der Waals surface area contributed by atoms with Crippen LogP contribution in [0.5, 0.6) is 0 Å². The van der Waals surface area contributed by atoms with Crippen molar-refractivity contribution in [1.82, 2.24) is 9.97 Å². The third-order valence-corrected chi connectivity index (χ3v) is 3.23. The molecule has 0 saturated heterocycles. The summed E-state index contributed by atoms with van der Waals surface area (Å²) in [5.41, 5.74) is 0.360. The van der Waals surface area contributed by atoms with Crippen LogP contribution < -0.4 is 5.32 Å². The van der Waals surface area contributed by atoms with Crippen LogP contribution in [-0.4, -0.2) is 27.7 Å². The summed E-state index contributed by atoms with van der Waals surface area (Å²) in [6.45, 7) is 0.190. The predicted molar refractivity (Wildman–Crippen MR) is 63.2 cm³/mol. The smallest absolute Gasteiger partial charge is 0.224 e. The van der Waals surface area contributed by atoms with Crippen LogP contribution >= 0.6 is 0 Å². The van der Waals surface area contributed by atoms with E-state index < -0.39 is 0 Å². The maximum atomic E-state index is 9.31. The van der Waals surface area contributed by atoms with Gasteiger partial charge in [0.05, 0.1) is 0 Å². The Bertz CT molecular complexity index is 415. The highest BCUT2D eigenvalue weighted by atomic mass is 16.3. The van der Waals surface area contributed by atoms with Crippen molar-refractivity contribution in [3.05, 3.63) is 18.0 Å². The quantitative estimate of drug-likeness (QED) is 0.821. The molecular weight excluding hydrogens is 216 g/mol. The van der Waals surface area contributed by atoms with Gasteiger partial charge in [-0.2, -0.15) is 5.26 Å². The maximum Gasteiger partial charge on any atom is 0.224 e. The van der Waals surface area contributed by atoms with Crippen LogP contribution in [0.15, 0.2) is 12.3 Å². The summed E-state index contributed by atoms with van der Waals surface area (Å²) < 4.78 is 0. The molecule has 2 rings (SSSR count). The summed E-state index contributed by atoms with van der Waals surface area (Å²) in [5.74, 6) is 0.743. The van der Waals surface area contributed by atoms with E-state index in [1.165, 1.54) is 6.42 Å². The van der Waals surface area contributed by atoms with Gasteiger partial charge in [0, 0.05) is 24.8 Å². The molecule has 5 nitrogen and oxygen atoms in total. The van der Waals surface area contributed by atoms with Crippen molar-refractivity contribution in [2.75, 3.05) is 11.9 Å². The number of nitriles is 1. The van der Waals surface area contributed by atoms with E-state index in [-0.39, 0.29) is 18.6 Å². The molecule has 1 aliphatic carbocycles. The fourth-order valence-corrected chi connectivity index (χ4v) is 2.27. The van der Waals surface area contributed by atoms with Gasteiger partial charge < -0.3 is 10.4 Å². The largest absolute Gasteiger partial charge is 0.396 e. The highest BCUT2D eigenvalue weighted by Crippen LogP contribution is 2.25. The zero-order chi connectivity index (χ0) is 12.1. The summed E-state index contributed by atoms with van der Waals surface area (Å²) in [7, 11) is 0. The van der Waals surface area contributed by atoms with Crippen molar-refractivity contribution in [3.63, 3.8) is 0 Å². The number of nitrogens with zero attached hydrogens (tertiary/aromatic N) is 3. The fraction of sp³-hybridized carbons (Fsp3) is 0.583. The van der Waals surface area contributed by atoms with Crippen molar-refractivity contribution in [1.29, 1.82) is 5.26 Å². The molecule has 0 amide bonds. The minimum absolute atomic E-state index is 0.190. The molecule has 0 spiro atoms. The molecule has 5 heteroatoms. The van der Waals surface area contributed by atoms with Crippen molar-refractivity contribution in [3.8, 4) is 6.07 Å². The van der Waals surface area contributed by atoms with E-state index in [0.29, 0.717) is 11.6 Å². The second-order valence-corrected chi connectivity index (χ2v) is 4.36. The zero-order valence-corrected chi connectivity index (χ0v) is 9.63. The van der Waals surface area contributed by atoms with Crippen LogP contribution in [-0.2, 0) is 0 Å². The Morgan fingerprint density at radius 2 is 2.29 bits per heavy atom. The lowest BCUT2D eigenvalue weighted by molar-refractivity contribution is 0.178. The second kappa shape index (κ2) is 5.60. The number of aliphatic hydroxyl groups excluding tert-OH is 1. The number of hydrogen-bond donors (Lipinski definition) is 2. The Labute approximate surface area is 101 Å². The lowest BCUT2D eigenvalue weighted by Crippen LogP contribution is -2.35. The van der Waals surface area contributed by atoms with Crippen LogP contribution in [0.4, 0.5) is 5.95 Å². The van der Waals surface area contributed by atoms with Crippen LogP contribution in [0.3, 0.4) is 0 Å². The normalized spacial score (nSPS) is 24.0. The van der Waals surface area contributed by atoms with Gasteiger partial charge in [-0.15, -0.1) is 0 Å². The fourth-order valence-electron chi connectivity index (χ4n) is 2.27. The molecule has 0 radical (unpaired) electrons. The third-order valence-electron chi connectivity index (χ3n) is 3.23. The highest BCUT2D eigenvalue weighted by Gasteiger charge is 2.24. The molecule has 1 fully saturated rings. The van der Waals surface area contributed by atoms with Gasteiger partial charge in [-0.25, -0.2) is 9.97 Å². The first-order valence-electron chi connectivity index (χ1n) is 5.94. The lowest BCUT2D eigenvalue weighted by Gasteiger charge is -2.30. The Kier molecular flexibility index (Phi) is 3.89. The molecule has 2 N–H and O–H groups in total. The zero-order valence-electron chi connectivity index (χ0n) is 9.63. The van der Waals surface area contributed by atoms with E-state index in [9.17, 15) is 5.11 Å². The second-order valence-electron chi connectivity index (χ2n) is 4.36. The Morgan fingerprint density at radius 3 is 3.06 bits per heavy atom. The number of aromatic nitrogens is 2. The molecular formula is C12H16N4O. The molecule has 1 aliphatic rings. The number of nitrogens with one attached hydrogen (secondary N) is 1. The average Bonchev–Trinajstić information content (AvgIpc) is 2.39. The number of anilines is 1. The van der Waals surface area contributed by atoms with E-state index in [2.05, 4.69) is 15.3 Å². The van der Waals surface area contributed by atoms with Gasteiger partial charge in [-0.05, 0) is 18.9 Å². The number of rotatable bonds is 3. The Balaban J connectivity index is 2.06. The molecule has 0 bridgehead atoms. The average molecular weight is 232 g/mol. The van der Waals surface area contributed by atoms with Gasteiger partial charge in [0.1, 0.15) is 11.8 Å². The number of hydrogen-bond acceptors (Lipinski definition) is 5. The van der Waals surface area contributed by atoms with E-state index in [1.807, 2.05) is 6.07 Å². The van der Waals surface area contributed by atoms with Crippen LogP contribution in [0.1, 0.15) is 31.4 Å². The molecule has 2 atom stereocenters. The first kappa shape index (κ1) is 11.8. The van der Waals surface area contributed by atoms with Crippen LogP contribution in [0, 0.1) is 17.2 Å². The molecule has 1 aromatic heterocycles. The van der Waals surface area contributed by atoms with E-state index in [4.69, 9.17) is 5.26 Å². The molecule has 2 unspecified atom stereocenters. The predicted octanol–water partition coefficient (Wildman–Crippen LogP) is 1.31. The molecule has 90 valence electrons. The highest BCUT2D eigenvalue weighted by molar-refractivity contribution is 5.31. The Hall–Kier alpha value is -1.67. The molecule has 17 heavy (non-hydrogen) atoms. The number of aliphatic hydroxyl groups is 1. The first-order valence-corrected chi connectivity index (χ1v) is 5.94.